The van der Waals surface area contributed by atoms with Crippen LogP contribution in [0.15, 0.2) is 58.5 Å². The minimum absolute atomic E-state index is 0.183. The molecule has 0 amide bonds. The predicted molar refractivity (Wildman–Crippen MR) is 115 cm³/mol. The fourth-order valence-corrected chi connectivity index (χ4v) is 3.83. The van der Waals surface area contributed by atoms with Crippen LogP contribution in [0, 0.1) is 0 Å². The molecule has 13 heteroatoms. The van der Waals surface area contributed by atoms with Crippen LogP contribution < -0.4 is 16.0 Å². The summed E-state index contributed by atoms with van der Waals surface area (Å²) >= 11 is 5.74. The molecule has 1 N–H and O–H groups in total. The average Bonchev–Trinajstić information content (AvgIpc) is 3.12. The van der Waals surface area contributed by atoms with Gasteiger partial charge in [-0.2, -0.15) is 13.2 Å². The molecule has 2 heterocycles. The minimum Gasteiger partial charge on any atom is -0.449 e. The standard InChI is InChI=1S/C21H14ClF3N4O5/c1-27-10-26-14-7-12(5-6-15(14)27)28-9-16(34-20(32)33)18(30)29(19(28)31)8-11-3-2-4-13(22)17(11)21(23,24)25/h2-7,9-10H,8H2,1H3,(H,32,33). The van der Waals surface area contributed by atoms with Crippen LogP contribution in [0.1, 0.15) is 11.1 Å². The number of hydrogen-bond acceptors (Lipinski definition) is 5. The molecule has 0 saturated carbocycles. The highest BCUT2D eigenvalue weighted by Crippen LogP contribution is 2.37. The summed E-state index contributed by atoms with van der Waals surface area (Å²) in [5.41, 5.74) is -2.53. The van der Waals surface area contributed by atoms with Crippen molar-refractivity contribution in [2.75, 3.05) is 0 Å². The fourth-order valence-electron chi connectivity index (χ4n) is 3.53. The van der Waals surface area contributed by atoms with Crippen LogP contribution in [0.5, 0.6) is 5.75 Å². The Labute approximate surface area is 192 Å². The van der Waals surface area contributed by atoms with Crippen molar-refractivity contribution in [3.63, 3.8) is 0 Å². The van der Waals surface area contributed by atoms with E-state index in [9.17, 15) is 27.6 Å². The molecule has 4 aromatic rings. The minimum atomic E-state index is -4.87. The first-order valence-electron chi connectivity index (χ1n) is 9.50. The Bertz CT molecular complexity index is 1560. The number of ether oxygens (including phenoxy) is 1. The third-order valence-corrected chi connectivity index (χ3v) is 5.35. The van der Waals surface area contributed by atoms with Crippen molar-refractivity contribution in [2.45, 2.75) is 12.7 Å². The molecule has 0 atom stereocenters. The van der Waals surface area contributed by atoms with Gasteiger partial charge in [-0.25, -0.2) is 14.6 Å². The lowest BCUT2D eigenvalue weighted by Gasteiger charge is -2.17. The summed E-state index contributed by atoms with van der Waals surface area (Å²) in [5, 5.41) is 8.38. The molecule has 0 saturated heterocycles. The van der Waals surface area contributed by atoms with Crippen LogP contribution in [-0.4, -0.2) is 29.9 Å². The molecule has 0 spiro atoms. The number of halogens is 4. The summed E-state index contributed by atoms with van der Waals surface area (Å²) in [7, 11) is 1.75. The summed E-state index contributed by atoms with van der Waals surface area (Å²) in [6.45, 7) is -0.838. The van der Waals surface area contributed by atoms with Gasteiger partial charge in [0.2, 0.25) is 5.75 Å². The van der Waals surface area contributed by atoms with E-state index < -0.39 is 52.0 Å². The Morgan fingerprint density at radius 2 is 1.94 bits per heavy atom. The zero-order valence-electron chi connectivity index (χ0n) is 17.2. The first-order chi connectivity index (χ1) is 16.0. The lowest BCUT2D eigenvalue weighted by Crippen LogP contribution is -2.40. The molecule has 176 valence electrons. The molecule has 0 aliphatic rings. The number of aromatic nitrogens is 4. The fraction of sp³-hybridized carbons (Fsp3) is 0.143. The summed E-state index contributed by atoms with van der Waals surface area (Å²) in [5.74, 6) is -0.774. The van der Waals surface area contributed by atoms with E-state index in [2.05, 4.69) is 9.72 Å². The van der Waals surface area contributed by atoms with Crippen LogP contribution in [0.3, 0.4) is 0 Å². The van der Waals surface area contributed by atoms with Crippen molar-refractivity contribution in [3.05, 3.63) is 85.9 Å². The first kappa shape index (κ1) is 23.1. The second-order valence-electron chi connectivity index (χ2n) is 7.21. The van der Waals surface area contributed by atoms with E-state index in [1.807, 2.05) is 0 Å². The van der Waals surface area contributed by atoms with Crippen LogP contribution in [0.4, 0.5) is 18.0 Å². The van der Waals surface area contributed by atoms with Gasteiger partial charge in [0.05, 0.1) is 46.4 Å². The molecule has 2 aromatic heterocycles. The Morgan fingerprint density at radius 1 is 1.21 bits per heavy atom. The van der Waals surface area contributed by atoms with Crippen molar-refractivity contribution in [1.82, 2.24) is 18.7 Å². The zero-order chi connectivity index (χ0) is 24.8. The number of alkyl halides is 3. The van der Waals surface area contributed by atoms with E-state index >= 15 is 0 Å². The number of rotatable bonds is 4. The van der Waals surface area contributed by atoms with Crippen LogP contribution in [0.25, 0.3) is 16.7 Å². The summed E-state index contributed by atoms with van der Waals surface area (Å²) in [4.78, 5) is 41.3. The van der Waals surface area contributed by atoms with Crippen molar-refractivity contribution >= 4 is 28.8 Å². The van der Waals surface area contributed by atoms with Gasteiger partial charge in [0.15, 0.2) is 0 Å². The number of nitrogens with zero attached hydrogens (tertiary/aromatic N) is 4. The van der Waals surface area contributed by atoms with Gasteiger partial charge in [-0.3, -0.25) is 13.9 Å². The van der Waals surface area contributed by atoms with Gasteiger partial charge in [0, 0.05) is 7.05 Å². The van der Waals surface area contributed by atoms with Crippen molar-refractivity contribution in [1.29, 1.82) is 0 Å². The smallest absolute Gasteiger partial charge is 0.449 e. The molecule has 4 rings (SSSR count). The maximum atomic E-state index is 13.6. The maximum absolute atomic E-state index is 13.6. The number of hydrogen-bond donors (Lipinski definition) is 1. The number of carbonyl (C=O) groups is 1. The molecular weight excluding hydrogens is 481 g/mol. The predicted octanol–water partition coefficient (Wildman–Crippen LogP) is 3.66. The average molecular weight is 495 g/mol. The van der Waals surface area contributed by atoms with E-state index in [4.69, 9.17) is 16.7 Å². The Kier molecular flexibility index (Phi) is 5.69. The number of aryl methyl sites for hydroxylation is 1. The number of fused-ring (bicyclic) bond motifs is 1. The van der Waals surface area contributed by atoms with Gasteiger partial charge in [-0.15, -0.1) is 0 Å². The highest BCUT2D eigenvalue weighted by molar-refractivity contribution is 6.31. The van der Waals surface area contributed by atoms with Crippen molar-refractivity contribution < 1.29 is 27.8 Å². The molecule has 34 heavy (non-hydrogen) atoms. The summed E-state index contributed by atoms with van der Waals surface area (Å²) in [6, 6.07) is 7.97. The maximum Gasteiger partial charge on any atom is 0.511 e. The number of imidazole rings is 1. The van der Waals surface area contributed by atoms with Gasteiger partial charge in [0.25, 0.3) is 5.56 Å². The Hall–Kier alpha value is -4.06. The molecule has 0 bridgehead atoms. The van der Waals surface area contributed by atoms with E-state index in [1.54, 1.807) is 17.7 Å². The van der Waals surface area contributed by atoms with Crippen LogP contribution in [-0.2, 0) is 19.8 Å². The Morgan fingerprint density at radius 3 is 2.62 bits per heavy atom. The Balaban J connectivity index is 1.95. The number of carboxylic acid groups (broad SMARTS) is 1. The molecule has 0 unspecified atom stereocenters. The highest BCUT2D eigenvalue weighted by Gasteiger charge is 2.36. The van der Waals surface area contributed by atoms with E-state index in [0.717, 1.165) is 28.4 Å². The molecule has 2 aromatic carbocycles. The van der Waals surface area contributed by atoms with Gasteiger partial charge < -0.3 is 14.4 Å². The molecule has 9 nitrogen and oxygen atoms in total. The third kappa shape index (κ3) is 4.15. The SMILES string of the molecule is Cn1cnc2cc(-n3cc(OC(=O)O)c(=O)n(Cc4cccc(Cl)c4C(F)(F)F)c3=O)ccc21. The van der Waals surface area contributed by atoms with Crippen LogP contribution >= 0.6 is 11.6 Å². The lowest BCUT2D eigenvalue weighted by molar-refractivity contribution is -0.138. The normalized spacial score (nSPS) is 11.7. The van der Waals surface area contributed by atoms with E-state index in [1.165, 1.54) is 24.5 Å². The first-order valence-corrected chi connectivity index (χ1v) is 9.88. The summed E-state index contributed by atoms with van der Waals surface area (Å²) < 4.78 is 48.3. The summed E-state index contributed by atoms with van der Waals surface area (Å²) in [6.07, 6.45) is -4.31. The van der Waals surface area contributed by atoms with Crippen molar-refractivity contribution in [3.8, 4) is 11.4 Å². The second-order valence-corrected chi connectivity index (χ2v) is 7.61. The van der Waals surface area contributed by atoms with Gasteiger partial charge in [-0.1, -0.05) is 23.7 Å². The largest absolute Gasteiger partial charge is 0.511 e. The molecular formula is C21H14ClF3N4O5. The van der Waals surface area contributed by atoms with E-state index in [0.29, 0.717) is 10.1 Å². The topological polar surface area (TPSA) is 108 Å². The van der Waals surface area contributed by atoms with Gasteiger partial charge >= 0.3 is 18.0 Å². The van der Waals surface area contributed by atoms with Crippen LogP contribution in [0.2, 0.25) is 5.02 Å². The molecule has 0 aliphatic heterocycles. The molecule has 0 fully saturated rings. The molecule has 0 radical (unpaired) electrons. The second kappa shape index (κ2) is 8.37. The molecule has 0 aliphatic carbocycles. The lowest BCUT2D eigenvalue weighted by atomic mass is 10.1. The third-order valence-electron chi connectivity index (χ3n) is 5.04. The van der Waals surface area contributed by atoms with Crippen molar-refractivity contribution in [2.24, 2.45) is 7.05 Å². The van der Waals surface area contributed by atoms with E-state index in [-0.39, 0.29) is 5.69 Å². The van der Waals surface area contributed by atoms with Gasteiger partial charge in [0.1, 0.15) is 0 Å². The highest BCUT2D eigenvalue weighted by atomic mass is 35.5. The number of benzene rings is 2. The van der Waals surface area contributed by atoms with Gasteiger partial charge in [-0.05, 0) is 29.8 Å². The zero-order valence-corrected chi connectivity index (χ0v) is 18.0. The monoisotopic (exact) mass is 494 g/mol. The quantitative estimate of drug-likeness (QED) is 0.434.